The van der Waals surface area contributed by atoms with Crippen molar-refractivity contribution in [1.29, 1.82) is 0 Å². The number of unbranched alkanes of at least 4 members (excludes halogenated alkanes) is 3. The number of nitrogens with zero attached hydrogens (tertiary/aromatic N) is 3. The molecule has 31 heavy (non-hydrogen) atoms. The maximum atomic E-state index is 10.7. The van der Waals surface area contributed by atoms with Crippen LogP contribution in [-0.2, 0) is 19.4 Å². The first-order valence-corrected chi connectivity index (χ1v) is 11.5. The molecule has 5 nitrogen and oxygen atoms in total. The topological polar surface area (TPSA) is 63.5 Å². The van der Waals surface area contributed by atoms with Gasteiger partial charge in [0.15, 0.2) is 0 Å². The Morgan fingerprint density at radius 1 is 1.10 bits per heavy atom. The molecule has 1 aliphatic rings. The van der Waals surface area contributed by atoms with Gasteiger partial charge in [-0.05, 0) is 49.9 Å². The van der Waals surface area contributed by atoms with E-state index in [1.165, 1.54) is 24.8 Å². The summed E-state index contributed by atoms with van der Waals surface area (Å²) in [4.78, 5) is 9.55. The Kier molecular flexibility index (Phi) is 5.49. The summed E-state index contributed by atoms with van der Waals surface area (Å²) in [7, 11) is 0. The van der Waals surface area contributed by atoms with E-state index in [0.717, 1.165) is 72.0 Å². The summed E-state index contributed by atoms with van der Waals surface area (Å²) in [6, 6.07) is 11.8. The lowest BCUT2D eigenvalue weighted by atomic mass is 9.94. The van der Waals surface area contributed by atoms with Crippen molar-refractivity contribution in [3.63, 3.8) is 0 Å². The monoisotopic (exact) mass is 415 g/mol. The zero-order valence-electron chi connectivity index (χ0n) is 18.1. The first kappa shape index (κ1) is 19.9. The van der Waals surface area contributed by atoms with Crippen LogP contribution in [-0.4, -0.2) is 20.9 Å². The lowest BCUT2D eigenvalue weighted by Gasteiger charge is -2.10. The van der Waals surface area contributed by atoms with Crippen LogP contribution in [0.25, 0.3) is 22.0 Å². The van der Waals surface area contributed by atoms with Crippen LogP contribution in [0.1, 0.15) is 62.3 Å². The number of fused-ring (bicyclic) bond motifs is 4. The smallest absolute Gasteiger partial charge is 0.230 e. The minimum atomic E-state index is 0.232. The lowest BCUT2D eigenvalue weighted by molar-refractivity contribution is 0.474. The van der Waals surface area contributed by atoms with Crippen LogP contribution in [0.3, 0.4) is 0 Å². The molecule has 4 aromatic rings. The number of aryl methyl sites for hydroxylation is 3. The van der Waals surface area contributed by atoms with Crippen molar-refractivity contribution in [3.8, 4) is 5.75 Å². The van der Waals surface area contributed by atoms with Gasteiger partial charge in [-0.1, -0.05) is 38.3 Å². The average Bonchev–Trinajstić information content (AvgIpc) is 3.34. The number of hydrogen-bond acceptors (Lipinski definition) is 4. The van der Waals surface area contributed by atoms with Gasteiger partial charge < -0.3 is 14.1 Å². The fraction of sp³-hybridized carbons (Fsp3) is 0.385. The fourth-order valence-electron chi connectivity index (χ4n) is 4.70. The van der Waals surface area contributed by atoms with Gasteiger partial charge in [0, 0.05) is 35.7 Å². The second-order valence-electron chi connectivity index (χ2n) is 8.45. The van der Waals surface area contributed by atoms with Gasteiger partial charge in [0.1, 0.15) is 17.1 Å². The molecule has 5 rings (SSSR count). The summed E-state index contributed by atoms with van der Waals surface area (Å²) in [5.41, 5.74) is 4.85. The van der Waals surface area contributed by atoms with Gasteiger partial charge in [0.25, 0.3) is 0 Å². The Bertz CT molecular complexity index is 1250. The number of rotatable bonds is 7. The van der Waals surface area contributed by atoms with Gasteiger partial charge in [0.05, 0.1) is 11.0 Å². The van der Waals surface area contributed by atoms with E-state index in [1.807, 2.05) is 24.3 Å². The van der Waals surface area contributed by atoms with E-state index in [4.69, 9.17) is 14.4 Å². The van der Waals surface area contributed by atoms with Crippen molar-refractivity contribution in [2.45, 2.75) is 64.8 Å². The highest BCUT2D eigenvalue weighted by Crippen LogP contribution is 2.37. The highest BCUT2D eigenvalue weighted by molar-refractivity contribution is 6.03. The van der Waals surface area contributed by atoms with E-state index >= 15 is 0 Å². The molecule has 0 spiro atoms. The van der Waals surface area contributed by atoms with Gasteiger partial charge >= 0.3 is 0 Å². The molecule has 0 radical (unpaired) electrons. The number of para-hydroxylation sites is 2. The highest BCUT2D eigenvalue weighted by Gasteiger charge is 2.21. The maximum Gasteiger partial charge on any atom is 0.230 e. The number of aromatic hydroxyl groups is 1. The molecule has 1 aliphatic carbocycles. The molecule has 0 bridgehead atoms. The third kappa shape index (κ3) is 3.73. The summed E-state index contributed by atoms with van der Waals surface area (Å²) < 4.78 is 8.29. The molecule has 2 aromatic carbocycles. The molecule has 0 fully saturated rings. The second kappa shape index (κ2) is 8.58. The normalized spacial score (nSPS) is 14.1. The van der Waals surface area contributed by atoms with Crippen LogP contribution in [0.15, 0.2) is 45.8 Å². The van der Waals surface area contributed by atoms with Crippen molar-refractivity contribution in [3.05, 3.63) is 53.3 Å². The summed E-state index contributed by atoms with van der Waals surface area (Å²) in [6.45, 7) is 3.12. The molecular formula is C26H29N3O2. The van der Waals surface area contributed by atoms with Crippen molar-refractivity contribution in [1.82, 2.24) is 9.55 Å². The van der Waals surface area contributed by atoms with E-state index < -0.39 is 0 Å². The zero-order chi connectivity index (χ0) is 21.2. The van der Waals surface area contributed by atoms with Gasteiger partial charge in [-0.2, -0.15) is 0 Å². The lowest BCUT2D eigenvalue weighted by Crippen LogP contribution is -2.00. The first-order chi connectivity index (χ1) is 15.3. The molecule has 1 N–H and O–H groups in total. The van der Waals surface area contributed by atoms with Gasteiger partial charge in [-0.15, -0.1) is 0 Å². The van der Waals surface area contributed by atoms with Gasteiger partial charge in [-0.3, -0.25) is 0 Å². The number of hydrogen-bond donors (Lipinski definition) is 1. The van der Waals surface area contributed by atoms with Gasteiger partial charge in [0.2, 0.25) is 5.95 Å². The predicted octanol–water partition coefficient (Wildman–Crippen LogP) is 6.70. The number of aromatic nitrogens is 2. The minimum absolute atomic E-state index is 0.232. The quantitative estimate of drug-likeness (QED) is 0.270. The standard InChI is InChI=1S/C26H29N3O2/c1-2-3-4-9-16-29-21-12-7-6-11-20(21)28-26(29)27-17-19-22(30)14-15-24-25(19)18-10-5-8-13-23(18)31-24/h6-7,11-12,14-15,17,30H,2-5,8-10,13,16H2,1H3/b27-17+. The van der Waals surface area contributed by atoms with Crippen molar-refractivity contribution < 1.29 is 9.52 Å². The van der Waals surface area contributed by atoms with Crippen LogP contribution < -0.4 is 0 Å². The number of benzene rings is 2. The molecule has 2 heterocycles. The molecule has 0 atom stereocenters. The third-order valence-electron chi connectivity index (χ3n) is 6.32. The molecule has 2 aromatic heterocycles. The van der Waals surface area contributed by atoms with Crippen LogP contribution >= 0.6 is 0 Å². The minimum Gasteiger partial charge on any atom is -0.507 e. The van der Waals surface area contributed by atoms with Gasteiger partial charge in [-0.25, -0.2) is 9.98 Å². The van der Waals surface area contributed by atoms with Crippen molar-refractivity contribution >= 4 is 34.2 Å². The molecule has 0 saturated carbocycles. The van der Waals surface area contributed by atoms with E-state index in [-0.39, 0.29) is 5.75 Å². The fourth-order valence-corrected chi connectivity index (χ4v) is 4.70. The summed E-state index contributed by atoms with van der Waals surface area (Å²) in [5, 5.41) is 11.7. The maximum absolute atomic E-state index is 10.7. The van der Waals surface area contributed by atoms with Crippen LogP contribution in [0.2, 0.25) is 0 Å². The van der Waals surface area contributed by atoms with E-state index in [9.17, 15) is 5.11 Å². The van der Waals surface area contributed by atoms with Crippen LogP contribution in [0.5, 0.6) is 5.75 Å². The van der Waals surface area contributed by atoms with Crippen molar-refractivity contribution in [2.75, 3.05) is 0 Å². The second-order valence-corrected chi connectivity index (χ2v) is 8.45. The number of aliphatic imine (C=N–C) groups is 1. The Hall–Kier alpha value is -3.08. The Morgan fingerprint density at radius 3 is 2.87 bits per heavy atom. The van der Waals surface area contributed by atoms with E-state index in [1.54, 1.807) is 12.3 Å². The summed E-state index contributed by atoms with van der Waals surface area (Å²) in [6.07, 6.45) is 10.8. The predicted molar refractivity (Wildman–Crippen MR) is 126 cm³/mol. The molecule has 5 heteroatoms. The Labute approximate surface area is 182 Å². The van der Waals surface area contributed by atoms with E-state index in [2.05, 4.69) is 17.6 Å². The number of phenols is 1. The molecule has 0 unspecified atom stereocenters. The first-order valence-electron chi connectivity index (χ1n) is 11.5. The largest absolute Gasteiger partial charge is 0.507 e. The SMILES string of the molecule is CCCCCCn1c(/N=C/c2c(O)ccc3oc4c(c23)CCCC4)nc2ccccc21. The van der Waals surface area contributed by atoms with Crippen molar-refractivity contribution in [2.24, 2.45) is 4.99 Å². The number of furan rings is 1. The number of phenolic OH excluding ortho intramolecular Hbond substituents is 1. The third-order valence-corrected chi connectivity index (χ3v) is 6.32. The average molecular weight is 416 g/mol. The molecular weight excluding hydrogens is 386 g/mol. The Balaban J connectivity index is 1.55. The Morgan fingerprint density at radius 2 is 1.97 bits per heavy atom. The van der Waals surface area contributed by atoms with E-state index in [0.29, 0.717) is 5.95 Å². The molecule has 160 valence electrons. The summed E-state index contributed by atoms with van der Waals surface area (Å²) >= 11 is 0. The molecule has 0 amide bonds. The zero-order valence-corrected chi connectivity index (χ0v) is 18.1. The summed E-state index contributed by atoms with van der Waals surface area (Å²) in [5.74, 6) is 1.98. The molecule has 0 saturated heterocycles. The number of imidazole rings is 1. The van der Waals surface area contributed by atoms with Crippen LogP contribution in [0, 0.1) is 0 Å². The highest BCUT2D eigenvalue weighted by atomic mass is 16.3. The van der Waals surface area contributed by atoms with Crippen LogP contribution in [0.4, 0.5) is 5.95 Å². The molecule has 0 aliphatic heterocycles.